The van der Waals surface area contributed by atoms with E-state index in [1.165, 1.54) is 0 Å². The summed E-state index contributed by atoms with van der Waals surface area (Å²) in [5.74, 6) is -0.369. The first-order valence-corrected chi connectivity index (χ1v) is 6.80. The molecule has 20 heavy (non-hydrogen) atoms. The maximum absolute atomic E-state index is 12.0. The van der Waals surface area contributed by atoms with E-state index in [4.69, 9.17) is 21.1 Å². The predicted molar refractivity (Wildman–Crippen MR) is 73.6 cm³/mol. The van der Waals surface area contributed by atoms with Crippen molar-refractivity contribution in [2.75, 3.05) is 32.8 Å². The number of carbonyl (C=O) groups excluding carboxylic acids is 1. The van der Waals surface area contributed by atoms with Gasteiger partial charge < -0.3 is 21.9 Å². The smallest absolute Gasteiger partial charge is 0.339 e. The van der Waals surface area contributed by atoms with Gasteiger partial charge in [0.05, 0.1) is 23.8 Å². The maximum Gasteiger partial charge on any atom is 0.339 e. The Kier molecular flexibility index (Phi) is 7.30. The van der Waals surface area contributed by atoms with Gasteiger partial charge in [-0.15, -0.1) is 0 Å². The molecular formula is C14H18Cl2NO3-. The Morgan fingerprint density at radius 2 is 2.05 bits per heavy atom. The van der Waals surface area contributed by atoms with Crippen LogP contribution in [0.2, 0.25) is 5.02 Å². The molecule has 0 bridgehead atoms. The van der Waals surface area contributed by atoms with E-state index in [1.807, 2.05) is 6.92 Å². The van der Waals surface area contributed by atoms with Crippen molar-refractivity contribution in [2.45, 2.75) is 13.0 Å². The average molecular weight is 319 g/mol. The number of morpholine rings is 1. The Balaban J connectivity index is 0.00000200. The normalized spacial score (nSPS) is 17.1. The number of nitrogens with zero attached hydrogens (tertiary/aromatic N) is 1. The maximum atomic E-state index is 12.0. The van der Waals surface area contributed by atoms with Crippen molar-refractivity contribution in [1.29, 1.82) is 0 Å². The molecule has 1 unspecified atom stereocenters. The van der Waals surface area contributed by atoms with Gasteiger partial charge in [0, 0.05) is 19.6 Å². The second-order valence-electron chi connectivity index (χ2n) is 4.61. The Bertz CT molecular complexity index is 436. The number of ether oxygens (including phenoxy) is 2. The Morgan fingerprint density at radius 3 is 2.70 bits per heavy atom. The fourth-order valence-electron chi connectivity index (χ4n) is 2.06. The minimum absolute atomic E-state index is 0. The van der Waals surface area contributed by atoms with E-state index in [-0.39, 0.29) is 24.5 Å². The largest absolute Gasteiger partial charge is 1.00 e. The van der Waals surface area contributed by atoms with Crippen LogP contribution in [0.15, 0.2) is 24.3 Å². The van der Waals surface area contributed by atoms with Crippen LogP contribution in [0.4, 0.5) is 0 Å². The molecule has 112 valence electrons. The minimum atomic E-state index is -0.369. The highest BCUT2D eigenvalue weighted by Crippen LogP contribution is 2.16. The summed E-state index contributed by atoms with van der Waals surface area (Å²) in [6.07, 6.45) is -0.165. The molecule has 1 aliphatic rings. The predicted octanol–water partition coefficient (Wildman–Crippen LogP) is -0.778. The van der Waals surface area contributed by atoms with Crippen molar-refractivity contribution in [3.05, 3.63) is 34.9 Å². The molecule has 0 amide bonds. The van der Waals surface area contributed by atoms with Crippen LogP contribution in [0.1, 0.15) is 17.3 Å². The summed E-state index contributed by atoms with van der Waals surface area (Å²) < 4.78 is 10.7. The van der Waals surface area contributed by atoms with E-state index in [2.05, 4.69) is 4.90 Å². The first kappa shape index (κ1) is 17.2. The molecule has 0 aliphatic carbocycles. The third-order valence-corrected chi connectivity index (χ3v) is 3.35. The number of benzene rings is 1. The molecule has 1 aromatic rings. The van der Waals surface area contributed by atoms with Crippen LogP contribution in [-0.2, 0) is 9.47 Å². The molecule has 0 radical (unpaired) electrons. The van der Waals surface area contributed by atoms with Crippen LogP contribution >= 0.6 is 11.6 Å². The van der Waals surface area contributed by atoms with Crippen LogP contribution in [0, 0.1) is 0 Å². The summed E-state index contributed by atoms with van der Waals surface area (Å²) in [6.45, 7) is 5.86. The van der Waals surface area contributed by atoms with Gasteiger partial charge in [-0.05, 0) is 19.1 Å². The quantitative estimate of drug-likeness (QED) is 0.683. The van der Waals surface area contributed by atoms with Gasteiger partial charge in [-0.3, -0.25) is 4.90 Å². The second-order valence-corrected chi connectivity index (χ2v) is 5.02. The molecule has 4 nitrogen and oxygen atoms in total. The van der Waals surface area contributed by atoms with E-state index >= 15 is 0 Å². The lowest BCUT2D eigenvalue weighted by molar-refractivity contribution is -0.000644. The van der Waals surface area contributed by atoms with E-state index in [0.717, 1.165) is 32.8 Å². The highest BCUT2D eigenvalue weighted by Gasteiger charge is 2.18. The van der Waals surface area contributed by atoms with E-state index in [9.17, 15) is 4.79 Å². The molecule has 0 spiro atoms. The highest BCUT2D eigenvalue weighted by atomic mass is 35.5. The molecule has 0 N–H and O–H groups in total. The monoisotopic (exact) mass is 318 g/mol. The number of rotatable bonds is 4. The van der Waals surface area contributed by atoms with Gasteiger partial charge in [-0.2, -0.15) is 0 Å². The van der Waals surface area contributed by atoms with Crippen LogP contribution < -0.4 is 12.4 Å². The third kappa shape index (κ3) is 4.94. The minimum Gasteiger partial charge on any atom is -1.00 e. The number of hydrogen-bond donors (Lipinski definition) is 0. The van der Waals surface area contributed by atoms with Crippen molar-refractivity contribution in [3.8, 4) is 0 Å². The Labute approximate surface area is 130 Å². The van der Waals surface area contributed by atoms with E-state index in [0.29, 0.717) is 10.6 Å². The molecule has 1 atom stereocenters. The fourth-order valence-corrected chi connectivity index (χ4v) is 2.27. The molecule has 6 heteroatoms. The number of esters is 1. The zero-order chi connectivity index (χ0) is 13.7. The van der Waals surface area contributed by atoms with Gasteiger partial charge in [0.25, 0.3) is 0 Å². The Morgan fingerprint density at radius 1 is 1.40 bits per heavy atom. The first-order valence-electron chi connectivity index (χ1n) is 6.42. The topological polar surface area (TPSA) is 38.8 Å². The van der Waals surface area contributed by atoms with E-state index < -0.39 is 0 Å². The summed E-state index contributed by atoms with van der Waals surface area (Å²) in [5.41, 5.74) is 0.415. The fraction of sp³-hybridized carbons (Fsp3) is 0.500. The lowest BCUT2D eigenvalue weighted by Gasteiger charge is -2.28. The number of halogens is 2. The molecule has 2 rings (SSSR count). The van der Waals surface area contributed by atoms with Gasteiger partial charge in [0.1, 0.15) is 6.10 Å². The summed E-state index contributed by atoms with van der Waals surface area (Å²) in [5, 5.41) is 0.422. The second kappa shape index (κ2) is 8.47. The summed E-state index contributed by atoms with van der Waals surface area (Å²) in [4.78, 5) is 14.2. The molecule has 1 aliphatic heterocycles. The summed E-state index contributed by atoms with van der Waals surface area (Å²) in [7, 11) is 0. The number of hydrogen-bond acceptors (Lipinski definition) is 4. The average Bonchev–Trinajstić information content (AvgIpc) is 2.40. The zero-order valence-corrected chi connectivity index (χ0v) is 12.9. The molecular weight excluding hydrogens is 301 g/mol. The van der Waals surface area contributed by atoms with Gasteiger partial charge >= 0.3 is 5.97 Å². The van der Waals surface area contributed by atoms with Crippen LogP contribution in [-0.4, -0.2) is 49.8 Å². The van der Waals surface area contributed by atoms with Crippen molar-refractivity contribution >= 4 is 17.6 Å². The zero-order valence-electron chi connectivity index (χ0n) is 11.4. The number of carbonyl (C=O) groups is 1. The molecule has 0 saturated carbocycles. The molecule has 1 heterocycles. The van der Waals surface area contributed by atoms with Crippen LogP contribution in [0.25, 0.3) is 0 Å². The lowest BCUT2D eigenvalue weighted by Crippen LogP contribution is -3.00. The molecule has 1 aromatic carbocycles. The third-order valence-electron chi connectivity index (χ3n) is 3.02. The molecule has 1 saturated heterocycles. The van der Waals surface area contributed by atoms with E-state index in [1.54, 1.807) is 24.3 Å². The SMILES string of the molecule is CC(CN1CCOCC1)OC(=O)c1ccccc1Cl.[Cl-]. The van der Waals surface area contributed by atoms with Crippen molar-refractivity contribution in [1.82, 2.24) is 4.90 Å². The summed E-state index contributed by atoms with van der Waals surface area (Å²) in [6, 6.07) is 6.92. The first-order chi connectivity index (χ1) is 9.16. The van der Waals surface area contributed by atoms with Gasteiger partial charge in [0.2, 0.25) is 0 Å². The molecule has 1 fully saturated rings. The standard InChI is InChI=1S/C14H18ClNO3.ClH/c1-11(10-16-6-8-18-9-7-16)19-14(17)12-4-2-3-5-13(12)15;/h2-5,11H,6-10H2,1H3;1H/p-1. The van der Waals surface area contributed by atoms with Gasteiger partial charge in [0.15, 0.2) is 0 Å². The van der Waals surface area contributed by atoms with Gasteiger partial charge in [-0.1, -0.05) is 23.7 Å². The van der Waals surface area contributed by atoms with Crippen LogP contribution in [0.3, 0.4) is 0 Å². The van der Waals surface area contributed by atoms with Gasteiger partial charge in [-0.25, -0.2) is 4.79 Å². The Hall–Kier alpha value is -0.810. The van der Waals surface area contributed by atoms with Crippen molar-refractivity contribution in [3.63, 3.8) is 0 Å². The summed E-state index contributed by atoms with van der Waals surface area (Å²) >= 11 is 5.97. The van der Waals surface area contributed by atoms with Crippen molar-refractivity contribution in [2.24, 2.45) is 0 Å². The molecule has 0 aromatic heterocycles. The highest BCUT2D eigenvalue weighted by molar-refractivity contribution is 6.33. The van der Waals surface area contributed by atoms with Crippen molar-refractivity contribution < 1.29 is 26.7 Å². The lowest BCUT2D eigenvalue weighted by atomic mass is 10.2. The van der Waals surface area contributed by atoms with Crippen LogP contribution in [0.5, 0.6) is 0 Å².